The zero-order chi connectivity index (χ0) is 15.8. The molecule has 0 aromatic heterocycles. The third-order valence-electron chi connectivity index (χ3n) is 3.10. The number of aliphatic hydroxyl groups is 1. The number of allylic oxidation sites excluding steroid dienone is 5. The molecule has 3 heteroatoms. The van der Waals surface area contributed by atoms with E-state index in [1.165, 1.54) is 20.0 Å². The summed E-state index contributed by atoms with van der Waals surface area (Å²) in [6.07, 6.45) is 19.0. The minimum Gasteiger partial charge on any atom is -0.469 e. The molecule has 0 aliphatic carbocycles. The molecule has 0 saturated heterocycles. The van der Waals surface area contributed by atoms with Crippen molar-refractivity contribution in [2.24, 2.45) is 0 Å². The summed E-state index contributed by atoms with van der Waals surface area (Å²) in [5.74, 6) is -0.147. The highest BCUT2D eigenvalue weighted by molar-refractivity contribution is 5.68. The standard InChI is InChI=1S/C18H30O3/c1-3-4-11-14-17(19)15-12-9-7-5-6-8-10-13-16-18(20)21-2/h6-9,12,15,17,19H,3-5,10-11,13-14,16H2,1-2H3. The van der Waals surface area contributed by atoms with Crippen LogP contribution >= 0.6 is 0 Å². The minimum absolute atomic E-state index is 0.147. The molecule has 0 aliphatic rings. The Morgan fingerprint density at radius 1 is 1.14 bits per heavy atom. The van der Waals surface area contributed by atoms with Gasteiger partial charge in [-0.25, -0.2) is 0 Å². The van der Waals surface area contributed by atoms with Crippen molar-refractivity contribution in [3.8, 4) is 0 Å². The Hall–Kier alpha value is -1.35. The van der Waals surface area contributed by atoms with Crippen molar-refractivity contribution >= 4 is 5.97 Å². The van der Waals surface area contributed by atoms with Crippen molar-refractivity contribution in [3.63, 3.8) is 0 Å². The van der Waals surface area contributed by atoms with E-state index in [1.54, 1.807) is 0 Å². The normalized spacial score (nSPS) is 13.5. The van der Waals surface area contributed by atoms with Gasteiger partial charge in [-0.2, -0.15) is 0 Å². The van der Waals surface area contributed by atoms with Crippen LogP contribution in [0.4, 0.5) is 0 Å². The van der Waals surface area contributed by atoms with Crippen LogP contribution in [0.2, 0.25) is 0 Å². The molecular formula is C18H30O3. The first-order valence-electron chi connectivity index (χ1n) is 7.94. The molecular weight excluding hydrogens is 264 g/mol. The number of esters is 1. The van der Waals surface area contributed by atoms with E-state index in [9.17, 15) is 9.90 Å². The molecule has 0 saturated carbocycles. The van der Waals surface area contributed by atoms with Crippen molar-refractivity contribution < 1.29 is 14.6 Å². The lowest BCUT2D eigenvalue weighted by Crippen LogP contribution is -2.00. The van der Waals surface area contributed by atoms with E-state index < -0.39 is 0 Å². The Morgan fingerprint density at radius 2 is 1.95 bits per heavy atom. The lowest BCUT2D eigenvalue weighted by Gasteiger charge is -2.02. The summed E-state index contributed by atoms with van der Waals surface area (Å²) >= 11 is 0. The summed E-state index contributed by atoms with van der Waals surface area (Å²) in [4.78, 5) is 10.9. The maximum atomic E-state index is 10.9. The second-order valence-corrected chi connectivity index (χ2v) is 5.05. The van der Waals surface area contributed by atoms with E-state index in [0.29, 0.717) is 6.42 Å². The second-order valence-electron chi connectivity index (χ2n) is 5.05. The van der Waals surface area contributed by atoms with Crippen LogP contribution in [0.5, 0.6) is 0 Å². The zero-order valence-electron chi connectivity index (χ0n) is 13.5. The predicted molar refractivity (Wildman–Crippen MR) is 88.1 cm³/mol. The summed E-state index contributed by atoms with van der Waals surface area (Å²) in [7, 11) is 1.41. The molecule has 0 bridgehead atoms. The van der Waals surface area contributed by atoms with Gasteiger partial charge in [0.25, 0.3) is 0 Å². The fourth-order valence-electron chi connectivity index (χ4n) is 1.81. The third-order valence-corrected chi connectivity index (χ3v) is 3.10. The van der Waals surface area contributed by atoms with Gasteiger partial charge in [0.2, 0.25) is 0 Å². The van der Waals surface area contributed by atoms with Gasteiger partial charge in [0.15, 0.2) is 0 Å². The molecule has 0 rings (SSSR count). The zero-order valence-corrected chi connectivity index (χ0v) is 13.5. The number of ether oxygens (including phenoxy) is 1. The van der Waals surface area contributed by atoms with Crippen LogP contribution in [0.1, 0.15) is 58.3 Å². The van der Waals surface area contributed by atoms with Crippen molar-refractivity contribution in [1.82, 2.24) is 0 Å². The van der Waals surface area contributed by atoms with Crippen LogP contribution in [-0.2, 0) is 9.53 Å². The summed E-state index contributed by atoms with van der Waals surface area (Å²) in [5.41, 5.74) is 0. The molecule has 0 aromatic rings. The monoisotopic (exact) mass is 294 g/mol. The first-order valence-corrected chi connectivity index (χ1v) is 7.94. The molecule has 0 amide bonds. The SMILES string of the molecule is CCCCCC(O)C=CC=CCC=CCCCC(=O)OC. The topological polar surface area (TPSA) is 46.5 Å². The molecule has 0 aromatic carbocycles. The summed E-state index contributed by atoms with van der Waals surface area (Å²) < 4.78 is 4.57. The summed E-state index contributed by atoms with van der Waals surface area (Å²) in [6.45, 7) is 2.16. The van der Waals surface area contributed by atoms with Crippen molar-refractivity contribution in [3.05, 3.63) is 36.5 Å². The molecule has 1 unspecified atom stereocenters. The predicted octanol–water partition coefficient (Wildman–Crippen LogP) is 4.33. The molecule has 0 radical (unpaired) electrons. The smallest absolute Gasteiger partial charge is 0.305 e. The van der Waals surface area contributed by atoms with Gasteiger partial charge < -0.3 is 9.84 Å². The van der Waals surface area contributed by atoms with E-state index >= 15 is 0 Å². The van der Waals surface area contributed by atoms with Crippen LogP contribution in [0.3, 0.4) is 0 Å². The van der Waals surface area contributed by atoms with Gasteiger partial charge >= 0.3 is 5.97 Å². The fourth-order valence-corrected chi connectivity index (χ4v) is 1.81. The minimum atomic E-state index is -0.324. The van der Waals surface area contributed by atoms with Gasteiger partial charge in [-0.05, 0) is 25.7 Å². The second kappa shape index (κ2) is 15.0. The number of aliphatic hydroxyl groups excluding tert-OH is 1. The Balaban J connectivity index is 3.56. The van der Waals surface area contributed by atoms with Crippen LogP contribution in [0, 0.1) is 0 Å². The highest BCUT2D eigenvalue weighted by atomic mass is 16.5. The number of carbonyl (C=O) groups is 1. The number of unbranched alkanes of at least 4 members (excludes halogenated alkanes) is 3. The Morgan fingerprint density at radius 3 is 2.67 bits per heavy atom. The van der Waals surface area contributed by atoms with E-state index in [0.717, 1.165) is 32.1 Å². The first-order chi connectivity index (χ1) is 10.2. The fraction of sp³-hybridized carbons (Fsp3) is 0.611. The Kier molecular flexibility index (Phi) is 14.1. The van der Waals surface area contributed by atoms with Crippen molar-refractivity contribution in [2.45, 2.75) is 64.4 Å². The van der Waals surface area contributed by atoms with E-state index in [2.05, 4.69) is 23.8 Å². The molecule has 0 spiro atoms. The molecule has 0 aliphatic heterocycles. The third kappa shape index (κ3) is 14.9. The van der Waals surface area contributed by atoms with Gasteiger partial charge in [0.05, 0.1) is 13.2 Å². The number of rotatable bonds is 12. The average Bonchev–Trinajstić information content (AvgIpc) is 2.49. The van der Waals surface area contributed by atoms with Crippen LogP contribution < -0.4 is 0 Å². The van der Waals surface area contributed by atoms with Crippen LogP contribution in [-0.4, -0.2) is 24.3 Å². The number of methoxy groups -OCH3 is 1. The maximum absolute atomic E-state index is 10.9. The van der Waals surface area contributed by atoms with Crippen LogP contribution in [0.25, 0.3) is 0 Å². The molecule has 1 atom stereocenters. The van der Waals surface area contributed by atoms with E-state index in [-0.39, 0.29) is 12.1 Å². The molecule has 0 fully saturated rings. The number of carbonyl (C=O) groups excluding carboxylic acids is 1. The molecule has 120 valence electrons. The highest BCUT2D eigenvalue weighted by Gasteiger charge is 1.97. The largest absolute Gasteiger partial charge is 0.469 e. The average molecular weight is 294 g/mol. The molecule has 1 N–H and O–H groups in total. The highest BCUT2D eigenvalue weighted by Crippen LogP contribution is 2.04. The van der Waals surface area contributed by atoms with Crippen molar-refractivity contribution in [2.75, 3.05) is 7.11 Å². The van der Waals surface area contributed by atoms with Crippen LogP contribution in [0.15, 0.2) is 36.5 Å². The van der Waals surface area contributed by atoms with Crippen molar-refractivity contribution in [1.29, 1.82) is 0 Å². The van der Waals surface area contributed by atoms with Gasteiger partial charge in [-0.15, -0.1) is 0 Å². The van der Waals surface area contributed by atoms with Gasteiger partial charge in [-0.3, -0.25) is 4.79 Å². The quantitative estimate of drug-likeness (QED) is 0.252. The first kappa shape index (κ1) is 19.7. The molecule has 3 nitrogen and oxygen atoms in total. The molecule has 0 heterocycles. The van der Waals surface area contributed by atoms with Gasteiger partial charge in [0.1, 0.15) is 0 Å². The summed E-state index contributed by atoms with van der Waals surface area (Å²) in [5, 5.41) is 9.67. The van der Waals surface area contributed by atoms with Gasteiger partial charge in [0, 0.05) is 6.42 Å². The number of hydrogen-bond donors (Lipinski definition) is 1. The molecule has 21 heavy (non-hydrogen) atoms. The van der Waals surface area contributed by atoms with E-state index in [1.807, 2.05) is 24.3 Å². The summed E-state index contributed by atoms with van der Waals surface area (Å²) in [6, 6.07) is 0. The lowest BCUT2D eigenvalue weighted by atomic mass is 10.1. The maximum Gasteiger partial charge on any atom is 0.305 e. The van der Waals surface area contributed by atoms with E-state index in [4.69, 9.17) is 0 Å². The lowest BCUT2D eigenvalue weighted by molar-refractivity contribution is -0.140. The Labute approximate surface area is 129 Å². The van der Waals surface area contributed by atoms with Gasteiger partial charge in [-0.1, -0.05) is 62.6 Å². The number of hydrogen-bond acceptors (Lipinski definition) is 3. The Bertz CT molecular complexity index is 329.